The molecule has 0 radical (unpaired) electrons. The summed E-state index contributed by atoms with van der Waals surface area (Å²) < 4.78 is 6.95. The van der Waals surface area contributed by atoms with Gasteiger partial charge in [-0.05, 0) is 32.0 Å². The maximum atomic E-state index is 12.0. The van der Waals surface area contributed by atoms with Crippen molar-refractivity contribution in [2.75, 3.05) is 18.2 Å². The van der Waals surface area contributed by atoms with Crippen LogP contribution < -0.4 is 15.8 Å². The summed E-state index contributed by atoms with van der Waals surface area (Å²) in [5.41, 5.74) is 7.66. The first-order valence-corrected chi connectivity index (χ1v) is 6.77. The zero-order chi connectivity index (χ0) is 15.4. The Hall–Kier alpha value is -1.92. The highest BCUT2D eigenvalue weighted by Gasteiger charge is 2.09. The highest BCUT2D eigenvalue weighted by atomic mass is 35.5. The molecule has 2 aromatic rings. The van der Waals surface area contributed by atoms with Crippen molar-refractivity contribution in [3.8, 4) is 5.75 Å². The number of carbonyl (C=O) groups is 1. The summed E-state index contributed by atoms with van der Waals surface area (Å²) in [7, 11) is 1.54. The van der Waals surface area contributed by atoms with Gasteiger partial charge < -0.3 is 15.8 Å². The lowest BCUT2D eigenvalue weighted by atomic mass is 10.2. The Morgan fingerprint density at radius 2 is 2.04 bits per heavy atom. The third-order valence-corrected chi connectivity index (χ3v) is 3.05. The number of methoxy groups -OCH3 is 1. The van der Waals surface area contributed by atoms with E-state index in [1.807, 2.05) is 30.8 Å². The number of nitrogens with one attached hydrogen (secondary N) is 1. The number of hydrogen-bond donors (Lipinski definition) is 2. The summed E-state index contributed by atoms with van der Waals surface area (Å²) in [4.78, 5) is 12.0. The molecule has 0 saturated carbocycles. The zero-order valence-electron chi connectivity index (χ0n) is 13.3. The summed E-state index contributed by atoms with van der Waals surface area (Å²) in [5.74, 6) is 0.410. The lowest BCUT2D eigenvalue weighted by Gasteiger charge is -2.08. The molecule has 6 nitrogen and oxygen atoms in total. The second-order valence-corrected chi connectivity index (χ2v) is 5.06. The van der Waals surface area contributed by atoms with Crippen LogP contribution in [0.2, 0.25) is 0 Å². The number of benzene rings is 1. The van der Waals surface area contributed by atoms with Crippen LogP contribution in [0.25, 0.3) is 0 Å². The van der Waals surface area contributed by atoms with Crippen LogP contribution in [0, 0.1) is 0 Å². The minimum absolute atomic E-state index is 0. The van der Waals surface area contributed by atoms with E-state index < -0.39 is 0 Å². The van der Waals surface area contributed by atoms with Gasteiger partial charge in [-0.15, -0.1) is 24.8 Å². The van der Waals surface area contributed by atoms with E-state index >= 15 is 0 Å². The number of hydrogen-bond acceptors (Lipinski definition) is 4. The Labute approximate surface area is 148 Å². The summed E-state index contributed by atoms with van der Waals surface area (Å²) >= 11 is 0. The Morgan fingerprint density at radius 1 is 1.35 bits per heavy atom. The molecule has 1 amide bonds. The van der Waals surface area contributed by atoms with Crippen molar-refractivity contribution < 1.29 is 9.53 Å². The molecule has 0 aliphatic rings. The molecule has 0 aliphatic carbocycles. The molecular weight excluding hydrogens is 339 g/mol. The fraction of sp³-hybridized carbons (Fsp3) is 0.333. The van der Waals surface area contributed by atoms with Gasteiger partial charge in [0.25, 0.3) is 0 Å². The Morgan fingerprint density at radius 3 is 2.61 bits per heavy atom. The number of aromatic nitrogens is 2. The molecule has 0 unspecified atom stereocenters. The standard InChI is InChI=1S/C15H20N4O2.2ClH/c1-10(2)19-7-6-12(18-19)9-15(20)17-11-4-5-13(16)14(8-11)21-3;;/h4-8,10H,9,16H2,1-3H3,(H,17,20);2*1H. The number of amides is 1. The molecule has 23 heavy (non-hydrogen) atoms. The van der Waals surface area contributed by atoms with Gasteiger partial charge in [0.1, 0.15) is 5.75 Å². The molecule has 0 aliphatic heterocycles. The van der Waals surface area contributed by atoms with Gasteiger partial charge in [0.15, 0.2) is 0 Å². The first-order valence-electron chi connectivity index (χ1n) is 6.77. The monoisotopic (exact) mass is 360 g/mol. The second-order valence-electron chi connectivity index (χ2n) is 5.06. The molecule has 0 spiro atoms. The predicted octanol–water partition coefficient (Wildman–Crippen LogP) is 3.08. The average molecular weight is 361 g/mol. The van der Waals surface area contributed by atoms with Crippen LogP contribution in [-0.2, 0) is 11.2 Å². The predicted molar refractivity (Wildman–Crippen MR) is 96.8 cm³/mol. The van der Waals surface area contributed by atoms with Gasteiger partial charge >= 0.3 is 0 Å². The number of nitrogens with two attached hydrogens (primary N) is 1. The van der Waals surface area contributed by atoms with Crippen LogP contribution in [0.4, 0.5) is 11.4 Å². The van der Waals surface area contributed by atoms with E-state index in [0.717, 1.165) is 5.69 Å². The third-order valence-electron chi connectivity index (χ3n) is 3.05. The second kappa shape index (κ2) is 9.27. The third kappa shape index (κ3) is 5.65. The maximum Gasteiger partial charge on any atom is 0.230 e. The zero-order valence-corrected chi connectivity index (χ0v) is 14.9. The number of nitrogens with zero attached hydrogens (tertiary/aromatic N) is 2. The quantitative estimate of drug-likeness (QED) is 0.802. The van der Waals surface area contributed by atoms with Crippen molar-refractivity contribution in [3.05, 3.63) is 36.2 Å². The molecule has 1 heterocycles. The average Bonchev–Trinajstić information content (AvgIpc) is 2.89. The van der Waals surface area contributed by atoms with Crippen LogP contribution in [0.5, 0.6) is 5.75 Å². The molecule has 0 fully saturated rings. The Bertz CT molecular complexity index is 644. The van der Waals surface area contributed by atoms with Crippen LogP contribution in [0.15, 0.2) is 30.5 Å². The van der Waals surface area contributed by atoms with Crippen molar-refractivity contribution >= 4 is 42.1 Å². The van der Waals surface area contributed by atoms with E-state index in [0.29, 0.717) is 17.1 Å². The Balaban J connectivity index is 0.00000242. The van der Waals surface area contributed by atoms with Gasteiger partial charge in [-0.2, -0.15) is 5.10 Å². The number of rotatable bonds is 5. The van der Waals surface area contributed by atoms with Crippen molar-refractivity contribution in [2.45, 2.75) is 26.3 Å². The van der Waals surface area contributed by atoms with Crippen LogP contribution >= 0.6 is 24.8 Å². The molecule has 8 heteroatoms. The minimum atomic E-state index is -0.129. The number of anilines is 2. The number of halogens is 2. The van der Waals surface area contributed by atoms with E-state index in [1.54, 1.807) is 18.2 Å². The molecule has 0 bridgehead atoms. The van der Waals surface area contributed by atoms with Crippen LogP contribution in [0.3, 0.4) is 0 Å². The molecule has 0 atom stereocenters. The van der Waals surface area contributed by atoms with Gasteiger partial charge in [0, 0.05) is 24.0 Å². The largest absolute Gasteiger partial charge is 0.495 e. The summed E-state index contributed by atoms with van der Waals surface area (Å²) in [6.45, 7) is 4.08. The first-order chi connectivity index (χ1) is 9.99. The van der Waals surface area contributed by atoms with E-state index in [4.69, 9.17) is 10.5 Å². The smallest absolute Gasteiger partial charge is 0.230 e. The molecule has 1 aromatic carbocycles. The molecule has 1 aromatic heterocycles. The van der Waals surface area contributed by atoms with Crippen molar-refractivity contribution in [1.82, 2.24) is 9.78 Å². The topological polar surface area (TPSA) is 82.2 Å². The minimum Gasteiger partial charge on any atom is -0.495 e. The fourth-order valence-corrected chi connectivity index (χ4v) is 1.92. The lowest BCUT2D eigenvalue weighted by Crippen LogP contribution is -2.15. The highest BCUT2D eigenvalue weighted by Crippen LogP contribution is 2.24. The molecule has 0 saturated heterocycles. The van der Waals surface area contributed by atoms with Crippen molar-refractivity contribution in [1.29, 1.82) is 0 Å². The molecule has 3 N–H and O–H groups in total. The molecule has 128 valence electrons. The van der Waals surface area contributed by atoms with Gasteiger partial charge in [0.05, 0.1) is 24.9 Å². The van der Waals surface area contributed by atoms with Crippen molar-refractivity contribution in [3.63, 3.8) is 0 Å². The normalized spacial score (nSPS) is 9.74. The Kier molecular flexibility index (Phi) is 8.50. The lowest BCUT2D eigenvalue weighted by molar-refractivity contribution is -0.115. The van der Waals surface area contributed by atoms with E-state index in [2.05, 4.69) is 10.4 Å². The van der Waals surface area contributed by atoms with E-state index in [-0.39, 0.29) is 43.2 Å². The SMILES string of the molecule is COc1cc(NC(=O)Cc2ccn(C(C)C)n2)ccc1N.Cl.Cl. The number of ether oxygens (including phenoxy) is 1. The summed E-state index contributed by atoms with van der Waals surface area (Å²) in [6.07, 6.45) is 2.10. The van der Waals surface area contributed by atoms with Crippen LogP contribution in [-0.4, -0.2) is 22.8 Å². The van der Waals surface area contributed by atoms with Crippen LogP contribution in [0.1, 0.15) is 25.6 Å². The van der Waals surface area contributed by atoms with Crippen molar-refractivity contribution in [2.24, 2.45) is 0 Å². The van der Waals surface area contributed by atoms with E-state index in [9.17, 15) is 4.79 Å². The van der Waals surface area contributed by atoms with Gasteiger partial charge in [-0.3, -0.25) is 9.48 Å². The summed E-state index contributed by atoms with van der Waals surface area (Å²) in [6, 6.07) is 7.26. The fourth-order valence-electron chi connectivity index (χ4n) is 1.92. The number of nitrogen functional groups attached to an aromatic ring is 1. The first kappa shape index (κ1) is 21.1. The van der Waals surface area contributed by atoms with Gasteiger partial charge in [0.2, 0.25) is 5.91 Å². The van der Waals surface area contributed by atoms with Gasteiger partial charge in [-0.25, -0.2) is 0 Å². The van der Waals surface area contributed by atoms with Gasteiger partial charge in [-0.1, -0.05) is 0 Å². The summed E-state index contributed by atoms with van der Waals surface area (Å²) in [5, 5.41) is 7.16. The highest BCUT2D eigenvalue weighted by molar-refractivity contribution is 5.92. The molecular formula is C15H22Cl2N4O2. The number of carbonyl (C=O) groups excluding carboxylic acids is 1. The van der Waals surface area contributed by atoms with E-state index in [1.165, 1.54) is 7.11 Å². The maximum absolute atomic E-state index is 12.0. The molecule has 2 rings (SSSR count).